The van der Waals surface area contributed by atoms with Crippen LogP contribution in [0, 0.1) is 5.82 Å². The fraction of sp³-hybridized carbons (Fsp3) is 0.370. The van der Waals surface area contributed by atoms with E-state index in [1.54, 1.807) is 17.2 Å². The Balaban J connectivity index is 1.43. The number of aromatic amines is 1. The third kappa shape index (κ3) is 5.11. The van der Waals surface area contributed by atoms with Gasteiger partial charge in [0.05, 0.1) is 41.7 Å². The number of aromatic nitrogens is 5. The summed E-state index contributed by atoms with van der Waals surface area (Å²) in [6, 6.07) is 3.17. The molecule has 214 valence electrons. The molecule has 0 saturated carbocycles. The molecule has 5 heterocycles. The van der Waals surface area contributed by atoms with Gasteiger partial charge in [0, 0.05) is 38.4 Å². The number of fused-ring (bicyclic) bond motifs is 2. The molecular weight excluding hydrogens is 555 g/mol. The van der Waals surface area contributed by atoms with Gasteiger partial charge in [0.25, 0.3) is 0 Å². The lowest BCUT2D eigenvalue weighted by Gasteiger charge is -2.35. The predicted molar refractivity (Wildman–Crippen MR) is 150 cm³/mol. The number of nitrogens with zero attached hydrogens (tertiary/aromatic N) is 7. The molecule has 2 saturated heterocycles. The van der Waals surface area contributed by atoms with Crippen molar-refractivity contribution in [2.24, 2.45) is 0 Å². The zero-order chi connectivity index (χ0) is 28.7. The van der Waals surface area contributed by atoms with Crippen molar-refractivity contribution in [3.05, 3.63) is 48.0 Å². The van der Waals surface area contributed by atoms with Gasteiger partial charge in [0.15, 0.2) is 5.75 Å². The highest BCUT2D eigenvalue weighted by molar-refractivity contribution is 6.33. The molecule has 12 nitrogen and oxygen atoms in total. The fourth-order valence-electron chi connectivity index (χ4n) is 5.08. The molecule has 1 aromatic carbocycles. The summed E-state index contributed by atoms with van der Waals surface area (Å²) in [6.45, 7) is 6.55. The molecule has 2 atom stereocenters. The van der Waals surface area contributed by atoms with Crippen LogP contribution in [0.25, 0.3) is 21.8 Å². The third-order valence-electron chi connectivity index (χ3n) is 7.32. The number of benzene rings is 1. The molecule has 2 fully saturated rings. The Kier molecular flexibility index (Phi) is 7.32. The van der Waals surface area contributed by atoms with Crippen molar-refractivity contribution in [2.45, 2.75) is 12.1 Å². The summed E-state index contributed by atoms with van der Waals surface area (Å²) in [7, 11) is 3.92. The van der Waals surface area contributed by atoms with E-state index < -0.39 is 5.82 Å². The van der Waals surface area contributed by atoms with Crippen molar-refractivity contribution in [3.63, 3.8) is 0 Å². The Hall–Kier alpha value is -4.07. The molecule has 1 amide bonds. The standard InChI is InChI=1S/C27H28ClFN8O4/c1-4-21(38)36-7-9-37(10-8-36)25-15-5-6-30-26(41-24-16-12-31-34-18(16)11-17(29)22(24)28)23(15)32-27(33-25)40-20-14-39-13-19(20)35(2)3/h4-6,11-12,19-20H,1,7-10,13-14H2,2-3H3,(H,31,34)/t19?,20-/m1/s1. The molecule has 2 aliphatic rings. The number of amides is 1. The van der Waals surface area contributed by atoms with Crippen molar-refractivity contribution < 1.29 is 23.4 Å². The normalized spacial score (nSPS) is 19.3. The number of H-pyrrole nitrogens is 1. The molecule has 0 aliphatic carbocycles. The predicted octanol–water partition coefficient (Wildman–Crippen LogP) is 3.03. The summed E-state index contributed by atoms with van der Waals surface area (Å²) in [5.74, 6) is -0.0256. The average molecular weight is 583 g/mol. The quantitative estimate of drug-likeness (QED) is 0.325. The third-order valence-corrected chi connectivity index (χ3v) is 7.67. The number of nitrogens with one attached hydrogen (secondary N) is 1. The van der Waals surface area contributed by atoms with E-state index >= 15 is 0 Å². The van der Waals surface area contributed by atoms with Crippen LogP contribution >= 0.6 is 11.6 Å². The maximum absolute atomic E-state index is 14.6. The first kappa shape index (κ1) is 27.1. The molecule has 0 radical (unpaired) electrons. The molecule has 1 N–H and O–H groups in total. The molecule has 0 spiro atoms. The zero-order valence-electron chi connectivity index (χ0n) is 22.5. The fourth-order valence-corrected chi connectivity index (χ4v) is 5.28. The van der Waals surface area contributed by atoms with E-state index in [1.807, 2.05) is 19.0 Å². The first-order valence-electron chi connectivity index (χ1n) is 13.1. The lowest BCUT2D eigenvalue weighted by molar-refractivity contribution is -0.126. The van der Waals surface area contributed by atoms with Crippen LogP contribution in [-0.2, 0) is 9.53 Å². The number of anilines is 1. The van der Waals surface area contributed by atoms with Crippen LogP contribution in [0.2, 0.25) is 5.02 Å². The van der Waals surface area contributed by atoms with Gasteiger partial charge < -0.3 is 28.9 Å². The molecule has 3 aromatic heterocycles. The minimum absolute atomic E-state index is 0.0105. The van der Waals surface area contributed by atoms with E-state index in [1.165, 1.54) is 18.3 Å². The number of piperazine rings is 1. The van der Waals surface area contributed by atoms with Gasteiger partial charge in [-0.2, -0.15) is 15.1 Å². The Morgan fingerprint density at radius 1 is 1.24 bits per heavy atom. The molecule has 6 rings (SSSR count). The van der Waals surface area contributed by atoms with Crippen LogP contribution in [0.3, 0.4) is 0 Å². The molecule has 4 aromatic rings. The summed E-state index contributed by atoms with van der Waals surface area (Å²) >= 11 is 6.33. The number of pyridine rings is 1. The van der Waals surface area contributed by atoms with Crippen LogP contribution in [0.5, 0.6) is 17.6 Å². The number of halogens is 2. The van der Waals surface area contributed by atoms with Crippen molar-refractivity contribution in [2.75, 3.05) is 58.4 Å². The summed E-state index contributed by atoms with van der Waals surface area (Å²) in [6.07, 6.45) is 4.08. The Bertz CT molecular complexity index is 1620. The number of hydrogen-bond donors (Lipinski definition) is 1. The summed E-state index contributed by atoms with van der Waals surface area (Å²) < 4.78 is 32.8. The van der Waals surface area contributed by atoms with Gasteiger partial charge in [0.2, 0.25) is 11.8 Å². The van der Waals surface area contributed by atoms with Gasteiger partial charge in [-0.1, -0.05) is 18.2 Å². The largest absolute Gasteiger partial charge is 0.456 e. The highest BCUT2D eigenvalue weighted by Gasteiger charge is 2.33. The lowest BCUT2D eigenvalue weighted by Crippen LogP contribution is -2.48. The molecule has 1 unspecified atom stereocenters. The van der Waals surface area contributed by atoms with Gasteiger partial charge in [-0.15, -0.1) is 0 Å². The van der Waals surface area contributed by atoms with Gasteiger partial charge in [-0.3, -0.25) is 9.89 Å². The first-order valence-corrected chi connectivity index (χ1v) is 13.4. The summed E-state index contributed by atoms with van der Waals surface area (Å²) in [5, 5.41) is 7.65. The van der Waals surface area contributed by atoms with Crippen LogP contribution in [-0.4, -0.2) is 106 Å². The zero-order valence-corrected chi connectivity index (χ0v) is 23.3. The van der Waals surface area contributed by atoms with Gasteiger partial charge in [-0.05, 0) is 26.2 Å². The molecular formula is C27H28ClFN8O4. The maximum atomic E-state index is 14.6. The minimum Gasteiger partial charge on any atom is -0.456 e. The second-order valence-corrected chi connectivity index (χ2v) is 10.4. The highest BCUT2D eigenvalue weighted by Crippen LogP contribution is 2.40. The van der Waals surface area contributed by atoms with Crippen molar-refractivity contribution in [3.8, 4) is 17.6 Å². The van der Waals surface area contributed by atoms with E-state index in [0.717, 1.165) is 0 Å². The van der Waals surface area contributed by atoms with E-state index in [9.17, 15) is 9.18 Å². The molecule has 14 heteroatoms. The monoisotopic (exact) mass is 582 g/mol. The number of rotatable bonds is 7. The summed E-state index contributed by atoms with van der Waals surface area (Å²) in [4.78, 5) is 31.9. The van der Waals surface area contributed by atoms with Crippen molar-refractivity contribution in [1.29, 1.82) is 0 Å². The van der Waals surface area contributed by atoms with Gasteiger partial charge in [-0.25, -0.2) is 9.37 Å². The lowest BCUT2D eigenvalue weighted by atomic mass is 10.2. The van der Waals surface area contributed by atoms with E-state index in [-0.39, 0.29) is 40.7 Å². The number of hydrogen-bond acceptors (Lipinski definition) is 10. The second-order valence-electron chi connectivity index (χ2n) is 10.0. The Morgan fingerprint density at radius 2 is 2.05 bits per heavy atom. The van der Waals surface area contributed by atoms with E-state index in [2.05, 4.69) is 26.7 Å². The van der Waals surface area contributed by atoms with E-state index in [0.29, 0.717) is 67.0 Å². The van der Waals surface area contributed by atoms with E-state index in [4.69, 9.17) is 35.8 Å². The highest BCUT2D eigenvalue weighted by atomic mass is 35.5. The summed E-state index contributed by atoms with van der Waals surface area (Å²) in [5.41, 5.74) is 0.777. The SMILES string of the molecule is C=CC(=O)N1CCN(c2nc(O[C@@H]3COCC3N(C)C)nc3c(Oc4c(Cl)c(F)cc5[nH]ncc45)nccc23)CC1. The maximum Gasteiger partial charge on any atom is 0.319 e. The topological polar surface area (TPSA) is 122 Å². The second kappa shape index (κ2) is 11.1. The van der Waals surface area contributed by atoms with Crippen molar-refractivity contribution in [1.82, 2.24) is 34.9 Å². The smallest absolute Gasteiger partial charge is 0.319 e. The average Bonchev–Trinajstić information content (AvgIpc) is 3.64. The van der Waals surface area contributed by atoms with Gasteiger partial charge in [0.1, 0.15) is 28.3 Å². The van der Waals surface area contributed by atoms with Gasteiger partial charge >= 0.3 is 6.01 Å². The molecule has 41 heavy (non-hydrogen) atoms. The number of carbonyl (C=O) groups excluding carboxylic acids is 1. The first-order chi connectivity index (χ1) is 19.8. The minimum atomic E-state index is -0.666. The number of likely N-dealkylation sites (N-methyl/N-ethyl adjacent to an activating group) is 1. The molecule has 0 bridgehead atoms. The van der Waals surface area contributed by atoms with Crippen LogP contribution in [0.4, 0.5) is 10.2 Å². The molecule has 2 aliphatic heterocycles. The Morgan fingerprint density at radius 3 is 2.80 bits per heavy atom. The van der Waals surface area contributed by atoms with Crippen molar-refractivity contribution >= 4 is 45.1 Å². The van der Waals surface area contributed by atoms with Crippen LogP contribution < -0.4 is 14.4 Å². The number of ether oxygens (including phenoxy) is 3. The van der Waals surface area contributed by atoms with Crippen LogP contribution in [0.15, 0.2) is 37.2 Å². The Labute approximate surface area is 239 Å². The number of carbonyl (C=O) groups is 1. The van der Waals surface area contributed by atoms with Crippen LogP contribution in [0.1, 0.15) is 0 Å².